The van der Waals surface area contributed by atoms with Crippen LogP contribution in [0, 0.1) is 0 Å². The van der Waals surface area contributed by atoms with Gasteiger partial charge in [-0.3, -0.25) is 14.3 Å². The zero-order valence-electron chi connectivity index (χ0n) is 13.0. The molecule has 0 saturated heterocycles. The Hall–Kier alpha value is -2.55. The van der Waals surface area contributed by atoms with Crippen molar-refractivity contribution in [1.82, 2.24) is 9.36 Å². The van der Waals surface area contributed by atoms with Gasteiger partial charge in [0.15, 0.2) is 0 Å². The van der Waals surface area contributed by atoms with Crippen molar-refractivity contribution in [3.05, 3.63) is 51.9 Å². The summed E-state index contributed by atoms with van der Waals surface area (Å²) in [4.78, 5) is 23.1. The normalized spacial score (nSPS) is 12.9. The maximum absolute atomic E-state index is 12.8. The average Bonchev–Trinajstić information content (AvgIpc) is 2.82. The second kappa shape index (κ2) is 6.52. The summed E-state index contributed by atoms with van der Waals surface area (Å²) < 4.78 is 44.7. The van der Waals surface area contributed by atoms with Gasteiger partial charge in [0.25, 0.3) is 5.56 Å². The molecule has 9 heteroatoms. The Kier molecular flexibility index (Phi) is 4.83. The van der Waals surface area contributed by atoms with Gasteiger partial charge in [0.2, 0.25) is 0 Å². The van der Waals surface area contributed by atoms with E-state index in [1.807, 2.05) is 0 Å². The molecule has 0 aliphatic carbocycles. The predicted molar refractivity (Wildman–Crippen MR) is 79.7 cm³/mol. The molecule has 1 aromatic heterocycles. The molecule has 6 nitrogen and oxygen atoms in total. The molecule has 1 atom stereocenters. The van der Waals surface area contributed by atoms with Crippen molar-refractivity contribution in [3.8, 4) is 5.69 Å². The molecule has 0 saturated carbocycles. The average molecular weight is 343 g/mol. The number of ether oxygens (including phenoxy) is 1. The number of rotatable bonds is 4. The van der Waals surface area contributed by atoms with Gasteiger partial charge < -0.3 is 10.5 Å². The van der Waals surface area contributed by atoms with Crippen molar-refractivity contribution < 1.29 is 22.7 Å². The van der Waals surface area contributed by atoms with Crippen molar-refractivity contribution in [2.24, 2.45) is 12.8 Å². The Bertz CT molecular complexity index is 791. The highest BCUT2D eigenvalue weighted by molar-refractivity contribution is 5.75. The van der Waals surface area contributed by atoms with Crippen LogP contribution in [0.25, 0.3) is 5.69 Å². The van der Waals surface area contributed by atoms with Crippen LogP contribution in [-0.2, 0) is 29.2 Å². The Labute approximate surface area is 135 Å². The van der Waals surface area contributed by atoms with Crippen molar-refractivity contribution in [3.63, 3.8) is 0 Å². The van der Waals surface area contributed by atoms with Crippen molar-refractivity contribution >= 4 is 5.97 Å². The third kappa shape index (κ3) is 3.51. The van der Waals surface area contributed by atoms with Gasteiger partial charge in [-0.25, -0.2) is 4.68 Å². The van der Waals surface area contributed by atoms with E-state index in [4.69, 9.17) is 5.73 Å². The van der Waals surface area contributed by atoms with E-state index in [0.717, 1.165) is 16.4 Å². The first kappa shape index (κ1) is 17.8. The predicted octanol–water partition coefficient (Wildman–Crippen LogP) is 1.24. The molecular weight excluding hydrogens is 327 g/mol. The summed E-state index contributed by atoms with van der Waals surface area (Å²) in [5.41, 5.74) is 4.79. The van der Waals surface area contributed by atoms with Crippen LogP contribution < -0.4 is 11.3 Å². The molecule has 2 N–H and O–H groups in total. The van der Waals surface area contributed by atoms with Crippen LogP contribution in [0.1, 0.15) is 11.3 Å². The number of hydrogen-bond acceptors (Lipinski definition) is 4. The summed E-state index contributed by atoms with van der Waals surface area (Å²) in [6.45, 7) is 0. The Morgan fingerprint density at radius 1 is 1.29 bits per heavy atom. The van der Waals surface area contributed by atoms with E-state index in [-0.39, 0.29) is 12.1 Å². The third-order valence-corrected chi connectivity index (χ3v) is 3.55. The number of nitrogens with zero attached hydrogens (tertiary/aromatic N) is 2. The SMILES string of the molecule is COC(=O)[C@@H](N)Cc1ccc(-n2c(=O)cc(C(F)(F)F)n2C)cc1. The lowest BCUT2D eigenvalue weighted by Gasteiger charge is -2.13. The number of aromatic nitrogens is 2. The molecule has 1 heterocycles. The minimum Gasteiger partial charge on any atom is -0.468 e. The summed E-state index contributed by atoms with van der Waals surface area (Å²) >= 11 is 0. The molecule has 2 aromatic rings. The highest BCUT2D eigenvalue weighted by atomic mass is 19.4. The van der Waals surface area contributed by atoms with E-state index in [1.54, 1.807) is 12.1 Å². The Morgan fingerprint density at radius 3 is 2.33 bits per heavy atom. The first-order valence-electron chi connectivity index (χ1n) is 6.94. The molecular formula is C15H16F3N3O3. The van der Waals surface area contributed by atoms with Crippen molar-refractivity contribution in [2.75, 3.05) is 7.11 Å². The fraction of sp³-hybridized carbons (Fsp3) is 0.333. The Morgan fingerprint density at radius 2 is 1.88 bits per heavy atom. The number of benzene rings is 1. The first-order chi connectivity index (χ1) is 11.1. The lowest BCUT2D eigenvalue weighted by atomic mass is 10.1. The number of carbonyl (C=O) groups excluding carboxylic acids is 1. The monoisotopic (exact) mass is 343 g/mol. The topological polar surface area (TPSA) is 79.2 Å². The Balaban J connectivity index is 2.31. The zero-order chi connectivity index (χ0) is 18.1. The summed E-state index contributed by atoms with van der Waals surface area (Å²) in [7, 11) is 2.39. The number of alkyl halides is 3. The van der Waals surface area contributed by atoms with Gasteiger partial charge in [-0.15, -0.1) is 0 Å². The van der Waals surface area contributed by atoms with Crippen LogP contribution in [0.2, 0.25) is 0 Å². The molecule has 0 bridgehead atoms. The lowest BCUT2D eigenvalue weighted by Crippen LogP contribution is -2.33. The molecule has 2 rings (SSSR count). The van der Waals surface area contributed by atoms with Gasteiger partial charge in [-0.05, 0) is 24.1 Å². The molecule has 0 fully saturated rings. The highest BCUT2D eigenvalue weighted by Gasteiger charge is 2.35. The lowest BCUT2D eigenvalue weighted by molar-refractivity contribution is -0.144. The van der Waals surface area contributed by atoms with Crippen LogP contribution in [0.3, 0.4) is 0 Å². The zero-order valence-corrected chi connectivity index (χ0v) is 13.0. The highest BCUT2D eigenvalue weighted by Crippen LogP contribution is 2.28. The first-order valence-corrected chi connectivity index (χ1v) is 6.94. The van der Waals surface area contributed by atoms with Gasteiger partial charge in [0.1, 0.15) is 11.7 Å². The molecule has 0 spiro atoms. The molecule has 0 amide bonds. The van der Waals surface area contributed by atoms with Gasteiger partial charge in [0, 0.05) is 13.1 Å². The summed E-state index contributed by atoms with van der Waals surface area (Å²) in [5.74, 6) is -0.562. The van der Waals surface area contributed by atoms with Gasteiger partial charge in [0.05, 0.1) is 12.8 Å². The largest absolute Gasteiger partial charge is 0.468 e. The number of methoxy groups -OCH3 is 1. The van der Waals surface area contributed by atoms with Crippen LogP contribution in [0.15, 0.2) is 35.1 Å². The molecule has 24 heavy (non-hydrogen) atoms. The second-order valence-corrected chi connectivity index (χ2v) is 5.20. The quantitative estimate of drug-likeness (QED) is 0.847. The van der Waals surface area contributed by atoms with E-state index >= 15 is 0 Å². The minimum absolute atomic E-state index is 0.211. The maximum atomic E-state index is 12.8. The maximum Gasteiger partial charge on any atom is 0.433 e. The van der Waals surface area contributed by atoms with Crippen molar-refractivity contribution in [2.45, 2.75) is 18.6 Å². The molecule has 0 radical (unpaired) electrons. The van der Waals surface area contributed by atoms with E-state index in [9.17, 15) is 22.8 Å². The number of esters is 1. The summed E-state index contributed by atoms with van der Waals surface area (Å²) in [6.07, 6.45) is -4.41. The minimum atomic E-state index is -4.62. The molecule has 0 aliphatic heterocycles. The number of carbonyl (C=O) groups is 1. The van der Waals surface area contributed by atoms with E-state index < -0.39 is 29.4 Å². The van der Waals surface area contributed by atoms with Gasteiger partial charge >= 0.3 is 12.1 Å². The number of nitrogens with two attached hydrogens (primary N) is 1. The molecule has 0 aliphatic rings. The van der Waals surface area contributed by atoms with E-state index in [2.05, 4.69) is 4.74 Å². The summed E-state index contributed by atoms with van der Waals surface area (Å²) in [6, 6.07) is 5.86. The van der Waals surface area contributed by atoms with Gasteiger partial charge in [-0.1, -0.05) is 12.1 Å². The van der Waals surface area contributed by atoms with Crippen LogP contribution in [-0.4, -0.2) is 28.5 Å². The van der Waals surface area contributed by atoms with E-state index in [1.165, 1.54) is 19.2 Å². The van der Waals surface area contributed by atoms with Gasteiger partial charge in [-0.2, -0.15) is 13.2 Å². The van der Waals surface area contributed by atoms with E-state index in [0.29, 0.717) is 11.6 Å². The van der Waals surface area contributed by atoms with Crippen LogP contribution in [0.5, 0.6) is 0 Å². The fourth-order valence-corrected chi connectivity index (χ4v) is 2.35. The third-order valence-electron chi connectivity index (χ3n) is 3.55. The van der Waals surface area contributed by atoms with Crippen molar-refractivity contribution in [1.29, 1.82) is 0 Å². The standard InChI is InChI=1S/C15H16F3N3O3/c1-20-12(15(16,17)18)8-13(22)21(20)10-5-3-9(4-6-10)7-11(19)14(23)24-2/h3-6,8,11H,7,19H2,1-2H3/t11-/m0/s1. The molecule has 130 valence electrons. The molecule has 1 aromatic carbocycles. The smallest absolute Gasteiger partial charge is 0.433 e. The van der Waals surface area contributed by atoms with Crippen LogP contribution in [0.4, 0.5) is 13.2 Å². The number of hydrogen-bond donors (Lipinski definition) is 1. The summed E-state index contributed by atoms with van der Waals surface area (Å²) in [5, 5.41) is 0. The number of halogens is 3. The molecule has 0 unspecified atom stereocenters. The second-order valence-electron chi connectivity index (χ2n) is 5.20. The van der Waals surface area contributed by atoms with Crippen LogP contribution >= 0.6 is 0 Å². The fourth-order valence-electron chi connectivity index (χ4n) is 2.35.